The number of nitrogens with two attached hydrogens (primary N) is 1. The minimum absolute atomic E-state index is 0.837. The molecular weight excluding hydrogens is 232 g/mol. The van der Waals surface area contributed by atoms with Gasteiger partial charge in [0.15, 0.2) is 0 Å². The van der Waals surface area contributed by atoms with Crippen molar-refractivity contribution in [1.82, 2.24) is 0 Å². The Bertz CT molecular complexity index is 568. The molecule has 0 aromatic heterocycles. The van der Waals surface area contributed by atoms with E-state index in [1.165, 1.54) is 27.9 Å². The summed E-state index contributed by atoms with van der Waals surface area (Å²) < 4.78 is 0. The topological polar surface area (TPSA) is 29.3 Å². The second kappa shape index (κ2) is 5.35. The first kappa shape index (κ1) is 13.5. The third-order valence-corrected chi connectivity index (χ3v) is 3.36. The van der Waals surface area contributed by atoms with Crippen molar-refractivity contribution in [2.45, 2.75) is 27.3 Å². The molecule has 0 fully saturated rings. The van der Waals surface area contributed by atoms with E-state index >= 15 is 0 Å². The van der Waals surface area contributed by atoms with E-state index in [0.717, 1.165) is 12.2 Å². The van der Waals surface area contributed by atoms with Crippen molar-refractivity contribution in [3.63, 3.8) is 0 Å². The molecule has 19 heavy (non-hydrogen) atoms. The Labute approximate surface area is 115 Å². The number of aryl methyl sites for hydroxylation is 3. The highest BCUT2D eigenvalue weighted by Gasteiger charge is 2.06. The highest BCUT2D eigenvalue weighted by atomic mass is 15.1. The van der Waals surface area contributed by atoms with E-state index in [9.17, 15) is 0 Å². The van der Waals surface area contributed by atoms with Crippen LogP contribution in [0.3, 0.4) is 0 Å². The maximum Gasteiger partial charge on any atom is 0.0427 e. The molecule has 0 spiro atoms. The van der Waals surface area contributed by atoms with Crippen LogP contribution in [-0.2, 0) is 6.54 Å². The highest BCUT2D eigenvalue weighted by Crippen LogP contribution is 2.23. The van der Waals surface area contributed by atoms with Gasteiger partial charge in [-0.05, 0) is 61.2 Å². The molecule has 0 unspecified atom stereocenters. The van der Waals surface area contributed by atoms with Crippen molar-refractivity contribution >= 4 is 11.4 Å². The van der Waals surface area contributed by atoms with Crippen molar-refractivity contribution in [2.75, 3.05) is 17.7 Å². The maximum atomic E-state index is 5.91. The first-order valence-electron chi connectivity index (χ1n) is 6.60. The molecule has 0 amide bonds. The molecule has 2 aromatic rings. The lowest BCUT2D eigenvalue weighted by molar-refractivity contribution is 0.915. The first-order chi connectivity index (χ1) is 8.95. The van der Waals surface area contributed by atoms with Crippen LogP contribution in [0.25, 0.3) is 0 Å². The van der Waals surface area contributed by atoms with Gasteiger partial charge in [0.25, 0.3) is 0 Å². The van der Waals surface area contributed by atoms with Gasteiger partial charge in [-0.15, -0.1) is 0 Å². The molecule has 0 atom stereocenters. The van der Waals surface area contributed by atoms with Crippen LogP contribution in [-0.4, -0.2) is 7.05 Å². The monoisotopic (exact) mass is 254 g/mol. The molecule has 2 N–H and O–H groups in total. The predicted molar refractivity (Wildman–Crippen MR) is 83.6 cm³/mol. The normalized spacial score (nSPS) is 10.5. The molecule has 0 bridgehead atoms. The molecule has 2 rings (SSSR count). The Kier molecular flexibility index (Phi) is 3.79. The minimum Gasteiger partial charge on any atom is -0.399 e. The van der Waals surface area contributed by atoms with Crippen molar-refractivity contribution in [3.05, 3.63) is 58.7 Å². The number of hydrogen-bond donors (Lipinski definition) is 1. The summed E-state index contributed by atoms with van der Waals surface area (Å²) in [6.07, 6.45) is 0. The van der Waals surface area contributed by atoms with E-state index in [-0.39, 0.29) is 0 Å². The quantitative estimate of drug-likeness (QED) is 0.843. The van der Waals surface area contributed by atoms with Crippen molar-refractivity contribution in [2.24, 2.45) is 0 Å². The largest absolute Gasteiger partial charge is 0.399 e. The van der Waals surface area contributed by atoms with E-state index in [1.807, 2.05) is 6.07 Å². The standard InChI is InChI=1S/C17H22N2/c1-12-5-6-14(3)17(9-12)19(4)11-15-7-13(2)8-16(18)10-15/h5-10H,11,18H2,1-4H3. The summed E-state index contributed by atoms with van der Waals surface area (Å²) in [7, 11) is 2.13. The van der Waals surface area contributed by atoms with Gasteiger partial charge in [-0.25, -0.2) is 0 Å². The number of hydrogen-bond acceptors (Lipinski definition) is 2. The van der Waals surface area contributed by atoms with Crippen molar-refractivity contribution < 1.29 is 0 Å². The zero-order valence-electron chi connectivity index (χ0n) is 12.2. The van der Waals surface area contributed by atoms with Crippen LogP contribution in [0.15, 0.2) is 36.4 Å². The van der Waals surface area contributed by atoms with Crippen LogP contribution in [0.1, 0.15) is 22.3 Å². The second-order valence-corrected chi connectivity index (χ2v) is 5.40. The average Bonchev–Trinajstić information content (AvgIpc) is 2.30. The van der Waals surface area contributed by atoms with E-state index in [0.29, 0.717) is 0 Å². The van der Waals surface area contributed by atoms with Crippen LogP contribution in [0, 0.1) is 20.8 Å². The van der Waals surface area contributed by atoms with Gasteiger partial charge in [0.2, 0.25) is 0 Å². The van der Waals surface area contributed by atoms with Gasteiger partial charge in [-0.1, -0.05) is 18.2 Å². The molecule has 0 aliphatic carbocycles. The van der Waals surface area contributed by atoms with Crippen LogP contribution in [0.2, 0.25) is 0 Å². The Morgan fingerprint density at radius 3 is 2.37 bits per heavy atom. The third-order valence-electron chi connectivity index (χ3n) is 3.36. The summed E-state index contributed by atoms with van der Waals surface area (Å²) in [5, 5.41) is 0. The number of nitrogen functional groups attached to an aromatic ring is 1. The fourth-order valence-corrected chi connectivity index (χ4v) is 2.48. The molecule has 2 nitrogen and oxygen atoms in total. The summed E-state index contributed by atoms with van der Waals surface area (Å²) in [4.78, 5) is 2.27. The lowest BCUT2D eigenvalue weighted by atomic mass is 10.1. The summed E-state index contributed by atoms with van der Waals surface area (Å²) in [6, 6.07) is 12.8. The Morgan fingerprint density at radius 1 is 0.947 bits per heavy atom. The number of anilines is 2. The molecule has 0 aliphatic heterocycles. The Hall–Kier alpha value is -1.96. The first-order valence-corrected chi connectivity index (χ1v) is 6.60. The Balaban J connectivity index is 2.25. The smallest absolute Gasteiger partial charge is 0.0427 e. The van der Waals surface area contributed by atoms with E-state index in [1.54, 1.807) is 0 Å². The van der Waals surface area contributed by atoms with Gasteiger partial charge in [0.1, 0.15) is 0 Å². The van der Waals surface area contributed by atoms with E-state index in [2.05, 4.69) is 63.1 Å². The predicted octanol–water partition coefficient (Wildman–Crippen LogP) is 3.83. The molecule has 100 valence electrons. The summed E-state index contributed by atoms with van der Waals surface area (Å²) in [5.41, 5.74) is 13.1. The van der Waals surface area contributed by atoms with Gasteiger partial charge in [0, 0.05) is 25.0 Å². The van der Waals surface area contributed by atoms with E-state index in [4.69, 9.17) is 5.73 Å². The zero-order chi connectivity index (χ0) is 14.0. The fourth-order valence-electron chi connectivity index (χ4n) is 2.48. The SMILES string of the molecule is Cc1cc(N)cc(CN(C)c2cc(C)ccc2C)c1. The molecular formula is C17H22N2. The molecule has 2 aromatic carbocycles. The summed E-state index contributed by atoms with van der Waals surface area (Å²) in [5.74, 6) is 0. The average molecular weight is 254 g/mol. The van der Waals surface area contributed by atoms with Crippen molar-refractivity contribution in [1.29, 1.82) is 0 Å². The lowest BCUT2D eigenvalue weighted by Gasteiger charge is -2.22. The van der Waals surface area contributed by atoms with Gasteiger partial charge < -0.3 is 10.6 Å². The van der Waals surface area contributed by atoms with E-state index < -0.39 is 0 Å². The van der Waals surface area contributed by atoms with Crippen molar-refractivity contribution in [3.8, 4) is 0 Å². The molecule has 0 saturated heterocycles. The zero-order valence-corrected chi connectivity index (χ0v) is 12.2. The van der Waals surface area contributed by atoms with Crippen LogP contribution in [0.4, 0.5) is 11.4 Å². The highest BCUT2D eigenvalue weighted by molar-refractivity contribution is 5.55. The molecule has 0 heterocycles. The van der Waals surface area contributed by atoms with Crippen LogP contribution < -0.4 is 10.6 Å². The van der Waals surface area contributed by atoms with Gasteiger partial charge in [0.05, 0.1) is 0 Å². The molecule has 0 aliphatic rings. The third kappa shape index (κ3) is 3.28. The van der Waals surface area contributed by atoms with Gasteiger partial charge in [-0.3, -0.25) is 0 Å². The molecule has 0 radical (unpaired) electrons. The number of nitrogens with zero attached hydrogens (tertiary/aromatic N) is 1. The fraction of sp³-hybridized carbons (Fsp3) is 0.294. The maximum absolute atomic E-state index is 5.91. The lowest BCUT2D eigenvalue weighted by Crippen LogP contribution is -2.17. The van der Waals surface area contributed by atoms with Gasteiger partial charge in [-0.2, -0.15) is 0 Å². The Morgan fingerprint density at radius 2 is 1.68 bits per heavy atom. The number of benzene rings is 2. The van der Waals surface area contributed by atoms with Crippen LogP contribution >= 0.6 is 0 Å². The minimum atomic E-state index is 0.837. The summed E-state index contributed by atoms with van der Waals surface area (Å²) >= 11 is 0. The van der Waals surface area contributed by atoms with Gasteiger partial charge >= 0.3 is 0 Å². The molecule has 2 heteroatoms. The second-order valence-electron chi connectivity index (χ2n) is 5.40. The van der Waals surface area contributed by atoms with Crippen LogP contribution in [0.5, 0.6) is 0 Å². The molecule has 0 saturated carbocycles. The summed E-state index contributed by atoms with van der Waals surface area (Å²) in [6.45, 7) is 7.23. The number of rotatable bonds is 3.